The highest BCUT2D eigenvalue weighted by atomic mass is 16.6. The molecule has 8 heteroatoms. The van der Waals surface area contributed by atoms with Gasteiger partial charge in [0.05, 0.1) is 40.1 Å². The molecule has 2 aromatic carbocycles. The molecule has 0 bridgehead atoms. The van der Waals surface area contributed by atoms with Crippen molar-refractivity contribution in [3.05, 3.63) is 48.0 Å². The van der Waals surface area contributed by atoms with Gasteiger partial charge in [-0.2, -0.15) is 0 Å². The van der Waals surface area contributed by atoms with Crippen LogP contribution in [-0.4, -0.2) is 52.5 Å². The predicted octanol–water partition coefficient (Wildman–Crippen LogP) is 2.47. The number of cyclic esters (lactones) is 1. The van der Waals surface area contributed by atoms with Gasteiger partial charge in [0.25, 0.3) is 5.91 Å². The van der Waals surface area contributed by atoms with Crippen molar-refractivity contribution in [3.8, 4) is 17.2 Å². The molecule has 2 aromatic rings. The van der Waals surface area contributed by atoms with E-state index < -0.39 is 12.2 Å². The Morgan fingerprint density at radius 1 is 1.11 bits per heavy atom. The Kier molecular flexibility index (Phi) is 5.88. The van der Waals surface area contributed by atoms with Crippen LogP contribution in [0.2, 0.25) is 0 Å². The van der Waals surface area contributed by atoms with E-state index in [4.69, 9.17) is 18.9 Å². The normalized spacial score (nSPS) is 15.8. The summed E-state index contributed by atoms with van der Waals surface area (Å²) in [4.78, 5) is 26.3. The monoisotopic (exact) mass is 386 g/mol. The molecular weight excluding hydrogens is 364 g/mol. The van der Waals surface area contributed by atoms with E-state index in [-0.39, 0.29) is 12.5 Å². The minimum atomic E-state index is -0.483. The number of hydrogen-bond donors (Lipinski definition) is 1. The maximum atomic E-state index is 12.6. The molecule has 1 saturated heterocycles. The molecule has 8 nitrogen and oxygen atoms in total. The lowest BCUT2D eigenvalue weighted by molar-refractivity contribution is 0.0910. The maximum Gasteiger partial charge on any atom is 0.414 e. The Bertz CT molecular complexity index is 847. The smallest absolute Gasteiger partial charge is 0.414 e. The van der Waals surface area contributed by atoms with Gasteiger partial charge in [0.2, 0.25) is 0 Å². The molecule has 1 N–H and O–H groups in total. The van der Waals surface area contributed by atoms with Gasteiger partial charge in [-0.1, -0.05) is 12.1 Å². The molecular formula is C20H22N2O6. The highest BCUT2D eigenvalue weighted by molar-refractivity contribution is 5.99. The number of anilines is 1. The van der Waals surface area contributed by atoms with E-state index >= 15 is 0 Å². The number of ether oxygens (including phenoxy) is 4. The molecule has 3 rings (SSSR count). The second-order valence-corrected chi connectivity index (χ2v) is 6.07. The van der Waals surface area contributed by atoms with Crippen LogP contribution in [0, 0.1) is 0 Å². The fourth-order valence-electron chi connectivity index (χ4n) is 2.99. The van der Waals surface area contributed by atoms with E-state index in [9.17, 15) is 9.59 Å². The third kappa shape index (κ3) is 3.95. The van der Waals surface area contributed by atoms with Crippen molar-refractivity contribution in [1.29, 1.82) is 0 Å². The Morgan fingerprint density at radius 3 is 2.43 bits per heavy atom. The highest BCUT2D eigenvalue weighted by Crippen LogP contribution is 2.28. The van der Waals surface area contributed by atoms with Crippen LogP contribution in [0.5, 0.6) is 17.2 Å². The summed E-state index contributed by atoms with van der Waals surface area (Å²) in [5.41, 5.74) is 0.964. The first kappa shape index (κ1) is 19.3. The molecule has 1 unspecified atom stereocenters. The van der Waals surface area contributed by atoms with Gasteiger partial charge >= 0.3 is 6.09 Å². The zero-order chi connectivity index (χ0) is 20.1. The van der Waals surface area contributed by atoms with Crippen LogP contribution >= 0.6 is 0 Å². The summed E-state index contributed by atoms with van der Waals surface area (Å²) < 4.78 is 21.1. The van der Waals surface area contributed by atoms with Crippen molar-refractivity contribution in [2.24, 2.45) is 0 Å². The molecule has 1 heterocycles. The van der Waals surface area contributed by atoms with Crippen LogP contribution in [0.3, 0.4) is 0 Å². The molecule has 1 aliphatic rings. The number of rotatable bonds is 7. The zero-order valence-corrected chi connectivity index (χ0v) is 15.9. The lowest BCUT2D eigenvalue weighted by Gasteiger charge is -2.15. The average molecular weight is 386 g/mol. The maximum absolute atomic E-state index is 12.6. The van der Waals surface area contributed by atoms with Crippen LogP contribution < -0.4 is 24.4 Å². The molecule has 0 spiro atoms. The van der Waals surface area contributed by atoms with Gasteiger partial charge in [-0.3, -0.25) is 9.69 Å². The van der Waals surface area contributed by atoms with Crippen molar-refractivity contribution in [1.82, 2.24) is 5.32 Å². The second kappa shape index (κ2) is 8.51. The van der Waals surface area contributed by atoms with Crippen LogP contribution in [-0.2, 0) is 4.74 Å². The number of carbonyl (C=O) groups is 2. The third-order valence-corrected chi connectivity index (χ3v) is 4.38. The van der Waals surface area contributed by atoms with Gasteiger partial charge in [0, 0.05) is 6.07 Å². The summed E-state index contributed by atoms with van der Waals surface area (Å²) in [6, 6.07) is 12.2. The molecule has 148 valence electrons. The number of methoxy groups -OCH3 is 3. The molecule has 2 amide bonds. The summed E-state index contributed by atoms with van der Waals surface area (Å²) in [6.45, 7) is 0.474. The van der Waals surface area contributed by atoms with E-state index in [1.807, 2.05) is 0 Å². The summed E-state index contributed by atoms with van der Waals surface area (Å²) in [5.74, 6) is 1.08. The fraction of sp³-hybridized carbons (Fsp3) is 0.300. The van der Waals surface area contributed by atoms with E-state index in [1.54, 1.807) is 49.6 Å². The van der Waals surface area contributed by atoms with E-state index in [2.05, 4.69) is 5.32 Å². The molecule has 1 aliphatic heterocycles. The average Bonchev–Trinajstić information content (AvgIpc) is 3.11. The van der Waals surface area contributed by atoms with Crippen molar-refractivity contribution >= 4 is 17.7 Å². The van der Waals surface area contributed by atoms with Crippen molar-refractivity contribution in [3.63, 3.8) is 0 Å². The minimum Gasteiger partial charge on any atom is -0.497 e. The zero-order valence-electron chi connectivity index (χ0n) is 15.9. The number of nitrogens with zero attached hydrogens (tertiary/aromatic N) is 1. The van der Waals surface area contributed by atoms with Gasteiger partial charge in [0.15, 0.2) is 0 Å². The topological polar surface area (TPSA) is 86.3 Å². The summed E-state index contributed by atoms with van der Waals surface area (Å²) >= 11 is 0. The number of hydrogen-bond acceptors (Lipinski definition) is 6. The molecule has 0 saturated carbocycles. The second-order valence-electron chi connectivity index (χ2n) is 6.07. The van der Waals surface area contributed by atoms with Crippen LogP contribution in [0.25, 0.3) is 0 Å². The summed E-state index contributed by atoms with van der Waals surface area (Å²) in [7, 11) is 4.53. The molecule has 1 fully saturated rings. The Labute approximate surface area is 162 Å². The van der Waals surface area contributed by atoms with Crippen molar-refractivity contribution in [2.45, 2.75) is 6.10 Å². The molecule has 1 atom stereocenters. The molecule has 0 aromatic heterocycles. The predicted molar refractivity (Wildman–Crippen MR) is 102 cm³/mol. The third-order valence-electron chi connectivity index (χ3n) is 4.38. The summed E-state index contributed by atoms with van der Waals surface area (Å²) in [6.07, 6.45) is -0.953. The van der Waals surface area contributed by atoms with Gasteiger partial charge < -0.3 is 24.3 Å². The lowest BCUT2D eigenvalue weighted by atomic mass is 10.1. The largest absolute Gasteiger partial charge is 0.497 e. The quantitative estimate of drug-likeness (QED) is 0.787. The van der Waals surface area contributed by atoms with Gasteiger partial charge in [-0.15, -0.1) is 0 Å². The highest BCUT2D eigenvalue weighted by Gasteiger charge is 2.33. The van der Waals surface area contributed by atoms with Gasteiger partial charge in [-0.05, 0) is 24.3 Å². The number of nitrogens with one attached hydrogen (secondary N) is 1. The van der Waals surface area contributed by atoms with E-state index in [0.717, 1.165) is 0 Å². The Balaban J connectivity index is 1.66. The van der Waals surface area contributed by atoms with Crippen LogP contribution in [0.1, 0.15) is 10.4 Å². The standard InChI is InChI=1S/C20H22N2O6/c1-25-14-7-4-6-13(10-14)22-12-15(28-20(22)24)11-21-19(23)18-16(26-2)8-5-9-17(18)27-3/h4-10,15H,11-12H2,1-3H3,(H,21,23). The lowest BCUT2D eigenvalue weighted by Crippen LogP contribution is -2.35. The number of carbonyl (C=O) groups excluding carboxylic acids is 2. The first-order valence-corrected chi connectivity index (χ1v) is 8.68. The minimum absolute atomic E-state index is 0.159. The van der Waals surface area contributed by atoms with Crippen LogP contribution in [0.15, 0.2) is 42.5 Å². The van der Waals surface area contributed by atoms with Crippen LogP contribution in [0.4, 0.5) is 10.5 Å². The summed E-state index contributed by atoms with van der Waals surface area (Å²) in [5, 5.41) is 2.78. The van der Waals surface area contributed by atoms with Gasteiger partial charge in [0.1, 0.15) is 28.9 Å². The molecule has 0 radical (unpaired) electrons. The number of amides is 2. The molecule has 28 heavy (non-hydrogen) atoms. The SMILES string of the molecule is COc1cccc(N2CC(CNC(=O)c3c(OC)cccc3OC)OC2=O)c1. The van der Waals surface area contributed by atoms with Crippen molar-refractivity contribution < 1.29 is 28.5 Å². The first-order chi connectivity index (χ1) is 13.6. The number of benzene rings is 2. The Hall–Kier alpha value is -3.42. The molecule has 0 aliphatic carbocycles. The van der Waals surface area contributed by atoms with Crippen molar-refractivity contribution in [2.75, 3.05) is 39.3 Å². The van der Waals surface area contributed by atoms with E-state index in [1.165, 1.54) is 19.1 Å². The Morgan fingerprint density at radius 2 is 1.79 bits per heavy atom. The fourth-order valence-corrected chi connectivity index (χ4v) is 2.99. The first-order valence-electron chi connectivity index (χ1n) is 8.68. The van der Waals surface area contributed by atoms with E-state index in [0.29, 0.717) is 35.0 Å². The van der Waals surface area contributed by atoms with Gasteiger partial charge in [-0.25, -0.2) is 4.79 Å².